The average molecular weight is 296 g/mol. The molecule has 0 aliphatic carbocycles. The summed E-state index contributed by atoms with van der Waals surface area (Å²) in [5.74, 6) is -0.261. The van der Waals surface area contributed by atoms with E-state index in [0.717, 1.165) is 19.6 Å². The lowest BCUT2D eigenvalue weighted by Crippen LogP contribution is -2.18. The van der Waals surface area contributed by atoms with Crippen molar-refractivity contribution in [3.63, 3.8) is 0 Å². The molecule has 0 aliphatic heterocycles. The van der Waals surface area contributed by atoms with Gasteiger partial charge in [0.25, 0.3) is 0 Å². The Morgan fingerprint density at radius 2 is 2.11 bits per heavy atom. The molecule has 0 radical (unpaired) electrons. The molecular formula is C13H20Cl2FNO. The predicted molar refractivity (Wildman–Crippen MR) is 76.1 cm³/mol. The van der Waals surface area contributed by atoms with Gasteiger partial charge in [-0.25, -0.2) is 4.39 Å². The summed E-state index contributed by atoms with van der Waals surface area (Å²) in [4.78, 5) is 0. The molecule has 104 valence electrons. The number of benzene rings is 1. The van der Waals surface area contributed by atoms with E-state index in [2.05, 4.69) is 5.32 Å². The zero-order valence-corrected chi connectivity index (χ0v) is 12.3. The molecule has 1 rings (SSSR count). The molecule has 0 unspecified atom stereocenters. The van der Waals surface area contributed by atoms with E-state index in [4.69, 9.17) is 16.3 Å². The van der Waals surface area contributed by atoms with Crippen molar-refractivity contribution in [1.29, 1.82) is 0 Å². The van der Waals surface area contributed by atoms with Gasteiger partial charge in [-0.2, -0.15) is 0 Å². The van der Waals surface area contributed by atoms with Gasteiger partial charge in [0.05, 0.1) is 6.10 Å². The van der Waals surface area contributed by atoms with Crippen molar-refractivity contribution in [2.24, 2.45) is 0 Å². The highest BCUT2D eigenvalue weighted by molar-refractivity contribution is 6.31. The summed E-state index contributed by atoms with van der Waals surface area (Å²) in [6, 6.07) is 4.73. The first-order valence-electron chi connectivity index (χ1n) is 5.86. The second-order valence-electron chi connectivity index (χ2n) is 4.15. The molecule has 18 heavy (non-hydrogen) atoms. The lowest BCUT2D eigenvalue weighted by Gasteiger charge is -2.09. The molecule has 2 nitrogen and oxygen atoms in total. The van der Waals surface area contributed by atoms with E-state index >= 15 is 0 Å². The van der Waals surface area contributed by atoms with Crippen LogP contribution in [-0.4, -0.2) is 19.3 Å². The Morgan fingerprint density at radius 1 is 1.39 bits per heavy atom. The number of rotatable bonds is 7. The van der Waals surface area contributed by atoms with Crippen LogP contribution in [0.3, 0.4) is 0 Å². The zero-order chi connectivity index (χ0) is 12.7. The Bertz CT molecular complexity index is 328. The second kappa shape index (κ2) is 9.56. The maximum absolute atomic E-state index is 13.4. The summed E-state index contributed by atoms with van der Waals surface area (Å²) in [6.45, 7) is 5.97. The topological polar surface area (TPSA) is 21.3 Å². The van der Waals surface area contributed by atoms with Crippen LogP contribution in [0.2, 0.25) is 5.02 Å². The highest BCUT2D eigenvalue weighted by atomic mass is 35.5. The molecule has 1 aromatic carbocycles. The van der Waals surface area contributed by atoms with Crippen LogP contribution in [-0.2, 0) is 11.3 Å². The van der Waals surface area contributed by atoms with E-state index in [1.54, 1.807) is 12.1 Å². The van der Waals surface area contributed by atoms with Gasteiger partial charge in [-0.05, 0) is 38.9 Å². The van der Waals surface area contributed by atoms with Crippen LogP contribution in [0.5, 0.6) is 0 Å². The number of ether oxygens (including phenoxy) is 1. The van der Waals surface area contributed by atoms with Crippen molar-refractivity contribution < 1.29 is 9.13 Å². The molecule has 0 saturated carbocycles. The highest BCUT2D eigenvalue weighted by Gasteiger charge is 2.05. The van der Waals surface area contributed by atoms with Gasteiger partial charge in [0.1, 0.15) is 5.82 Å². The van der Waals surface area contributed by atoms with Gasteiger partial charge in [0.15, 0.2) is 0 Å². The van der Waals surface area contributed by atoms with Crippen molar-refractivity contribution in [3.05, 3.63) is 34.6 Å². The Kier molecular flexibility index (Phi) is 9.38. The van der Waals surface area contributed by atoms with Crippen LogP contribution < -0.4 is 5.32 Å². The first-order valence-corrected chi connectivity index (χ1v) is 6.24. The minimum Gasteiger partial charge on any atom is -0.379 e. The highest BCUT2D eigenvalue weighted by Crippen LogP contribution is 2.18. The van der Waals surface area contributed by atoms with E-state index in [0.29, 0.717) is 17.1 Å². The maximum atomic E-state index is 13.4. The number of hydrogen-bond acceptors (Lipinski definition) is 2. The molecule has 0 saturated heterocycles. The first-order chi connectivity index (χ1) is 8.11. The van der Waals surface area contributed by atoms with E-state index in [1.807, 2.05) is 13.8 Å². The molecule has 0 aliphatic rings. The van der Waals surface area contributed by atoms with Gasteiger partial charge in [0.2, 0.25) is 0 Å². The third-order valence-corrected chi connectivity index (χ3v) is 2.67. The van der Waals surface area contributed by atoms with Crippen molar-refractivity contribution >= 4 is 24.0 Å². The summed E-state index contributed by atoms with van der Waals surface area (Å²) in [7, 11) is 0. The molecule has 1 N–H and O–H groups in total. The molecule has 5 heteroatoms. The summed E-state index contributed by atoms with van der Waals surface area (Å²) in [5, 5.41) is 3.62. The van der Waals surface area contributed by atoms with Crippen molar-refractivity contribution in [1.82, 2.24) is 5.32 Å². The van der Waals surface area contributed by atoms with E-state index in [-0.39, 0.29) is 24.3 Å². The molecule has 1 aromatic rings. The van der Waals surface area contributed by atoms with Crippen LogP contribution in [0, 0.1) is 5.82 Å². The quantitative estimate of drug-likeness (QED) is 0.773. The number of halogens is 3. The second-order valence-corrected chi connectivity index (χ2v) is 4.56. The summed E-state index contributed by atoms with van der Waals surface area (Å²) in [6.07, 6.45) is 1.17. The fraction of sp³-hybridized carbons (Fsp3) is 0.538. The van der Waals surface area contributed by atoms with Gasteiger partial charge >= 0.3 is 0 Å². The van der Waals surface area contributed by atoms with E-state index < -0.39 is 0 Å². The van der Waals surface area contributed by atoms with Gasteiger partial charge in [-0.3, -0.25) is 0 Å². The fourth-order valence-electron chi connectivity index (χ4n) is 1.43. The molecule has 0 amide bonds. The van der Waals surface area contributed by atoms with Gasteiger partial charge < -0.3 is 10.1 Å². The molecule has 0 fully saturated rings. The molecule has 0 heterocycles. The Labute approximate surface area is 119 Å². The summed E-state index contributed by atoms with van der Waals surface area (Å²) in [5.41, 5.74) is 0.527. The third kappa shape index (κ3) is 6.55. The predicted octanol–water partition coefficient (Wildman–Crippen LogP) is 3.81. The molecular weight excluding hydrogens is 276 g/mol. The standard InChI is InChI=1S/C13H19ClFNO.ClH/c1-10(2)17-8-4-7-16-9-11-12(14)5-3-6-13(11)15;/h3,5-6,10,16H,4,7-9H2,1-2H3;1H. The van der Waals surface area contributed by atoms with Gasteiger partial charge in [0, 0.05) is 23.7 Å². The van der Waals surface area contributed by atoms with Crippen LogP contribution >= 0.6 is 24.0 Å². The maximum Gasteiger partial charge on any atom is 0.129 e. The third-order valence-electron chi connectivity index (χ3n) is 2.31. The SMILES string of the molecule is CC(C)OCCCNCc1c(F)cccc1Cl.Cl. The lowest BCUT2D eigenvalue weighted by molar-refractivity contribution is 0.0770. The summed E-state index contributed by atoms with van der Waals surface area (Å²) >= 11 is 5.91. The number of hydrogen-bond donors (Lipinski definition) is 1. The van der Waals surface area contributed by atoms with Gasteiger partial charge in [-0.15, -0.1) is 12.4 Å². The fourth-order valence-corrected chi connectivity index (χ4v) is 1.66. The monoisotopic (exact) mass is 295 g/mol. The lowest BCUT2D eigenvalue weighted by atomic mass is 10.2. The minimum absolute atomic E-state index is 0. The summed E-state index contributed by atoms with van der Waals surface area (Å²) < 4.78 is 18.8. The normalized spacial score (nSPS) is 10.5. The Balaban J connectivity index is 0.00000289. The van der Waals surface area contributed by atoms with Crippen LogP contribution in [0.1, 0.15) is 25.8 Å². The molecule has 0 spiro atoms. The molecule has 0 atom stereocenters. The van der Waals surface area contributed by atoms with Crippen molar-refractivity contribution in [3.8, 4) is 0 Å². The number of nitrogens with one attached hydrogen (secondary N) is 1. The molecule has 0 aromatic heterocycles. The first kappa shape index (κ1) is 17.6. The van der Waals surface area contributed by atoms with Crippen molar-refractivity contribution in [2.75, 3.05) is 13.2 Å². The van der Waals surface area contributed by atoms with Crippen LogP contribution in [0.15, 0.2) is 18.2 Å². The average Bonchev–Trinajstić information content (AvgIpc) is 2.26. The van der Waals surface area contributed by atoms with E-state index in [9.17, 15) is 4.39 Å². The van der Waals surface area contributed by atoms with Crippen LogP contribution in [0.25, 0.3) is 0 Å². The van der Waals surface area contributed by atoms with Crippen molar-refractivity contribution in [2.45, 2.75) is 32.9 Å². The smallest absolute Gasteiger partial charge is 0.129 e. The molecule has 0 bridgehead atoms. The largest absolute Gasteiger partial charge is 0.379 e. The Hall–Kier alpha value is -0.350. The van der Waals surface area contributed by atoms with Gasteiger partial charge in [-0.1, -0.05) is 17.7 Å². The van der Waals surface area contributed by atoms with E-state index in [1.165, 1.54) is 6.07 Å². The Morgan fingerprint density at radius 3 is 2.72 bits per heavy atom. The van der Waals surface area contributed by atoms with Crippen LogP contribution in [0.4, 0.5) is 4.39 Å². The zero-order valence-electron chi connectivity index (χ0n) is 10.7. The minimum atomic E-state index is -0.261.